The summed E-state index contributed by atoms with van der Waals surface area (Å²) >= 11 is 0. The Morgan fingerprint density at radius 1 is 1.36 bits per heavy atom. The van der Waals surface area contributed by atoms with Gasteiger partial charge in [-0.25, -0.2) is 0 Å². The summed E-state index contributed by atoms with van der Waals surface area (Å²) in [5.41, 5.74) is 2.05. The van der Waals surface area contributed by atoms with Crippen molar-refractivity contribution in [1.82, 2.24) is 0 Å². The van der Waals surface area contributed by atoms with Gasteiger partial charge in [0.2, 0.25) is 0 Å². The summed E-state index contributed by atoms with van der Waals surface area (Å²) in [5.74, 6) is 0. The second-order valence-electron chi connectivity index (χ2n) is 3.97. The standard InChI is InChI=1S/C6H12.C5H10/c1-3-6(2)4-5-6;1-4-5(2)3/h3-5H2,1-2H3;2,4H2,1,3H3. The van der Waals surface area contributed by atoms with Gasteiger partial charge in [0.05, 0.1) is 0 Å². The van der Waals surface area contributed by atoms with E-state index in [9.17, 15) is 0 Å². The third kappa shape index (κ3) is 6.15. The third-order valence-corrected chi connectivity index (χ3v) is 2.56. The zero-order valence-corrected chi connectivity index (χ0v) is 8.54. The summed E-state index contributed by atoms with van der Waals surface area (Å²) in [6, 6.07) is 0. The first-order chi connectivity index (χ1) is 5.04. The molecule has 66 valence electrons. The fraction of sp³-hybridized carbons (Fsp3) is 0.818. The van der Waals surface area contributed by atoms with Crippen LogP contribution in [0.3, 0.4) is 0 Å². The van der Waals surface area contributed by atoms with E-state index in [-0.39, 0.29) is 0 Å². The molecule has 0 heteroatoms. The largest absolute Gasteiger partial charge is 0.100 e. The van der Waals surface area contributed by atoms with Gasteiger partial charge >= 0.3 is 0 Å². The van der Waals surface area contributed by atoms with Crippen LogP contribution >= 0.6 is 0 Å². The highest BCUT2D eigenvalue weighted by molar-refractivity contribution is 4.86. The van der Waals surface area contributed by atoms with Crippen LogP contribution in [-0.4, -0.2) is 0 Å². The lowest BCUT2D eigenvalue weighted by Gasteiger charge is -1.96. The van der Waals surface area contributed by atoms with Gasteiger partial charge in [-0.15, -0.1) is 6.58 Å². The number of hydrogen-bond acceptors (Lipinski definition) is 0. The minimum absolute atomic E-state index is 0.792. The highest BCUT2D eigenvalue weighted by Gasteiger charge is 2.34. The van der Waals surface area contributed by atoms with Crippen molar-refractivity contribution in [3.05, 3.63) is 12.2 Å². The Hall–Kier alpha value is -0.260. The van der Waals surface area contributed by atoms with Gasteiger partial charge in [-0.3, -0.25) is 0 Å². The zero-order chi connectivity index (χ0) is 8.91. The van der Waals surface area contributed by atoms with E-state index in [1.807, 2.05) is 6.92 Å². The predicted molar refractivity (Wildman–Crippen MR) is 52.7 cm³/mol. The molecular formula is C11H22. The highest BCUT2D eigenvalue weighted by Crippen LogP contribution is 2.47. The second kappa shape index (κ2) is 4.58. The first-order valence-electron chi connectivity index (χ1n) is 4.68. The van der Waals surface area contributed by atoms with Crippen LogP contribution in [0.5, 0.6) is 0 Å². The molecule has 1 aliphatic rings. The molecule has 1 rings (SSSR count). The van der Waals surface area contributed by atoms with Crippen molar-refractivity contribution in [3.63, 3.8) is 0 Å². The molecule has 0 spiro atoms. The van der Waals surface area contributed by atoms with Crippen molar-refractivity contribution >= 4 is 0 Å². The maximum Gasteiger partial charge on any atom is -0.0328 e. The lowest BCUT2D eigenvalue weighted by molar-refractivity contribution is 0.551. The third-order valence-electron chi connectivity index (χ3n) is 2.56. The van der Waals surface area contributed by atoms with Gasteiger partial charge in [-0.1, -0.05) is 32.8 Å². The fourth-order valence-electron chi connectivity index (χ4n) is 0.567. The Labute approximate surface area is 71.7 Å². The van der Waals surface area contributed by atoms with E-state index in [4.69, 9.17) is 0 Å². The second-order valence-corrected chi connectivity index (χ2v) is 3.97. The van der Waals surface area contributed by atoms with Crippen LogP contribution in [0.15, 0.2) is 12.2 Å². The number of rotatable bonds is 2. The monoisotopic (exact) mass is 154 g/mol. The molecule has 0 aromatic heterocycles. The molecule has 0 heterocycles. The van der Waals surface area contributed by atoms with Gasteiger partial charge in [-0.05, 0) is 31.6 Å². The van der Waals surface area contributed by atoms with Crippen LogP contribution in [0.1, 0.15) is 53.4 Å². The van der Waals surface area contributed by atoms with Crippen LogP contribution in [0.25, 0.3) is 0 Å². The zero-order valence-electron chi connectivity index (χ0n) is 8.54. The van der Waals surface area contributed by atoms with E-state index >= 15 is 0 Å². The molecule has 0 unspecified atom stereocenters. The van der Waals surface area contributed by atoms with Crippen molar-refractivity contribution in [1.29, 1.82) is 0 Å². The van der Waals surface area contributed by atoms with Crippen molar-refractivity contribution in [2.75, 3.05) is 0 Å². The van der Waals surface area contributed by atoms with E-state index in [1.165, 1.54) is 24.8 Å². The minimum Gasteiger partial charge on any atom is -0.100 e. The summed E-state index contributed by atoms with van der Waals surface area (Å²) in [6.07, 6.45) is 5.44. The SMILES string of the molecule is C=C(C)CC.CCC1(C)CC1. The maximum absolute atomic E-state index is 3.67. The smallest absolute Gasteiger partial charge is 0.0328 e. The molecule has 0 atom stereocenters. The van der Waals surface area contributed by atoms with Crippen LogP contribution < -0.4 is 0 Å². The number of allylic oxidation sites excluding steroid dienone is 1. The van der Waals surface area contributed by atoms with Crippen LogP contribution in [0.2, 0.25) is 0 Å². The highest BCUT2D eigenvalue weighted by atomic mass is 14.4. The molecule has 1 fully saturated rings. The van der Waals surface area contributed by atoms with Gasteiger partial charge in [0, 0.05) is 0 Å². The topological polar surface area (TPSA) is 0 Å². The summed E-state index contributed by atoms with van der Waals surface area (Å²) in [6.45, 7) is 12.4. The van der Waals surface area contributed by atoms with Crippen LogP contribution in [0, 0.1) is 5.41 Å². The first-order valence-corrected chi connectivity index (χ1v) is 4.68. The molecule has 0 aromatic rings. The summed E-state index contributed by atoms with van der Waals surface area (Å²) in [7, 11) is 0. The fourth-order valence-corrected chi connectivity index (χ4v) is 0.567. The predicted octanol–water partition coefficient (Wildman–Crippen LogP) is 4.17. The van der Waals surface area contributed by atoms with Crippen LogP contribution in [0.4, 0.5) is 0 Å². The molecule has 1 saturated carbocycles. The van der Waals surface area contributed by atoms with E-state index in [0.717, 1.165) is 11.8 Å². The van der Waals surface area contributed by atoms with Gasteiger partial charge < -0.3 is 0 Å². The van der Waals surface area contributed by atoms with E-state index < -0.39 is 0 Å². The lowest BCUT2D eigenvalue weighted by atomic mass is 10.1. The molecule has 0 N–H and O–H groups in total. The van der Waals surface area contributed by atoms with E-state index in [2.05, 4.69) is 27.4 Å². The van der Waals surface area contributed by atoms with Gasteiger partial charge in [0.25, 0.3) is 0 Å². The average molecular weight is 154 g/mol. The van der Waals surface area contributed by atoms with Gasteiger partial charge in [-0.2, -0.15) is 0 Å². The molecule has 0 aliphatic heterocycles. The Balaban J connectivity index is 0.000000187. The van der Waals surface area contributed by atoms with Crippen molar-refractivity contribution in [2.45, 2.75) is 53.4 Å². The van der Waals surface area contributed by atoms with E-state index in [1.54, 1.807) is 0 Å². The maximum atomic E-state index is 3.67. The summed E-state index contributed by atoms with van der Waals surface area (Å²) < 4.78 is 0. The molecule has 0 saturated heterocycles. The number of hydrogen-bond donors (Lipinski definition) is 0. The molecule has 11 heavy (non-hydrogen) atoms. The molecule has 0 amide bonds. The van der Waals surface area contributed by atoms with Crippen LogP contribution in [-0.2, 0) is 0 Å². The molecule has 0 nitrogen and oxygen atoms in total. The van der Waals surface area contributed by atoms with Gasteiger partial charge in [0.1, 0.15) is 0 Å². The Bertz CT molecular complexity index is 118. The lowest BCUT2D eigenvalue weighted by Crippen LogP contribution is -1.84. The van der Waals surface area contributed by atoms with Crippen molar-refractivity contribution in [3.8, 4) is 0 Å². The normalized spacial score (nSPS) is 18.2. The molecule has 0 aromatic carbocycles. The Morgan fingerprint density at radius 3 is 1.73 bits per heavy atom. The van der Waals surface area contributed by atoms with Gasteiger partial charge in [0.15, 0.2) is 0 Å². The first kappa shape index (κ1) is 10.7. The quantitative estimate of drug-likeness (QED) is 0.524. The Morgan fingerprint density at radius 2 is 1.73 bits per heavy atom. The van der Waals surface area contributed by atoms with Crippen molar-refractivity contribution in [2.24, 2.45) is 5.41 Å². The molecule has 0 bridgehead atoms. The summed E-state index contributed by atoms with van der Waals surface area (Å²) in [4.78, 5) is 0. The average Bonchev–Trinajstić information content (AvgIpc) is 2.71. The van der Waals surface area contributed by atoms with E-state index in [0.29, 0.717) is 0 Å². The van der Waals surface area contributed by atoms with Crippen molar-refractivity contribution < 1.29 is 0 Å². The summed E-state index contributed by atoms with van der Waals surface area (Å²) in [5, 5.41) is 0. The Kier molecular flexibility index (Phi) is 4.48. The molecule has 0 radical (unpaired) electrons. The minimum atomic E-state index is 0.792. The molecule has 1 aliphatic carbocycles. The molecular weight excluding hydrogens is 132 g/mol.